The van der Waals surface area contributed by atoms with Crippen molar-refractivity contribution in [1.29, 1.82) is 0 Å². The Bertz CT molecular complexity index is 6.00. The van der Waals surface area contributed by atoms with E-state index in [4.69, 9.17) is 0 Å². The first-order valence-corrected chi connectivity index (χ1v) is 0. The van der Waals surface area contributed by atoms with E-state index in [0.29, 0.717) is 0 Å². The van der Waals surface area contributed by atoms with Crippen LogP contribution in [0.5, 0.6) is 0 Å². The Kier molecular flexibility index (Phi) is 119. The van der Waals surface area contributed by atoms with Gasteiger partial charge in [0.15, 0.2) is 0 Å². The summed E-state index contributed by atoms with van der Waals surface area (Å²) >= 11 is 0. The largest absolute Gasteiger partial charge is 0 e. The van der Waals surface area contributed by atoms with Gasteiger partial charge in [-0.3, -0.25) is 0 Å². The molecule has 0 aromatic carbocycles. The molecule has 0 aliphatic rings. The van der Waals surface area contributed by atoms with Crippen molar-refractivity contribution in [3.8, 4) is 0 Å². The quantitative estimate of drug-likeness (QED) is 0.326. The molecular formula is InPt2W. The Labute approximate surface area is 87.4 Å². The second kappa shape index (κ2) is 16.8. The van der Waals surface area contributed by atoms with Crippen LogP contribution in [0, 0.1) is 0 Å². The third-order valence-corrected chi connectivity index (χ3v) is 0. The Morgan fingerprint density at radius 3 is 0.750 bits per heavy atom. The van der Waals surface area contributed by atoms with Crippen LogP contribution >= 0.6 is 0 Å². The average Bonchev–Trinajstić information content (AvgIpc) is 0. The van der Waals surface area contributed by atoms with Gasteiger partial charge in [0, 0.05) is 89.0 Å². The molecule has 0 nitrogen and oxygen atoms in total. The number of rotatable bonds is 0. The molecule has 0 rings (SSSR count). The van der Waals surface area contributed by atoms with Crippen LogP contribution in [0.4, 0.5) is 0 Å². The van der Waals surface area contributed by atoms with Crippen LogP contribution in [0.25, 0.3) is 0 Å². The van der Waals surface area contributed by atoms with Crippen molar-refractivity contribution in [3.63, 3.8) is 0 Å². The van der Waals surface area contributed by atoms with Gasteiger partial charge < -0.3 is 0 Å². The molecule has 0 unspecified atom stereocenters. The van der Waals surface area contributed by atoms with E-state index in [2.05, 4.69) is 0 Å². The second-order valence-corrected chi connectivity index (χ2v) is 0. The molecule has 0 heterocycles. The van der Waals surface area contributed by atoms with Crippen LogP contribution in [0.1, 0.15) is 0 Å². The van der Waals surface area contributed by atoms with Crippen LogP contribution in [0.15, 0.2) is 0 Å². The first kappa shape index (κ1) is 28.4. The fourth-order valence-corrected chi connectivity index (χ4v) is 0. The summed E-state index contributed by atoms with van der Waals surface area (Å²) in [5.74, 6) is 0. The molecule has 0 spiro atoms. The van der Waals surface area contributed by atoms with Gasteiger partial charge in [-0.25, -0.2) is 0 Å². The zero-order chi connectivity index (χ0) is 0. The summed E-state index contributed by atoms with van der Waals surface area (Å²) in [6, 6.07) is 0. The fourth-order valence-electron chi connectivity index (χ4n) is 0. The minimum absolute atomic E-state index is 0. The van der Waals surface area contributed by atoms with Gasteiger partial charge in [-0.05, 0) is 0 Å². The summed E-state index contributed by atoms with van der Waals surface area (Å²) in [6.45, 7) is 0. The maximum atomic E-state index is 0. The van der Waals surface area contributed by atoms with E-state index in [1.165, 1.54) is 0 Å². The average molecular weight is 689 g/mol. The molecule has 0 aromatic rings. The summed E-state index contributed by atoms with van der Waals surface area (Å²) in [7, 11) is 0. The summed E-state index contributed by atoms with van der Waals surface area (Å²) < 4.78 is 0. The normalized spacial score (nSPS) is 0. The Morgan fingerprint density at radius 2 is 0.750 bits per heavy atom. The van der Waals surface area contributed by atoms with Crippen LogP contribution in [-0.2, 0) is 63.2 Å². The Morgan fingerprint density at radius 1 is 0.750 bits per heavy atom. The predicted octanol–water partition coefficient (Wildman–Crippen LogP) is -0.388. The van der Waals surface area contributed by atoms with Crippen molar-refractivity contribution in [2.75, 3.05) is 0 Å². The summed E-state index contributed by atoms with van der Waals surface area (Å²) in [4.78, 5) is 0. The molecule has 3 radical (unpaired) electrons. The molecule has 29 valence electrons. The van der Waals surface area contributed by atoms with Gasteiger partial charge in [-0.15, -0.1) is 0 Å². The van der Waals surface area contributed by atoms with E-state index in [0.717, 1.165) is 0 Å². The van der Waals surface area contributed by atoms with Gasteiger partial charge in [-0.1, -0.05) is 0 Å². The van der Waals surface area contributed by atoms with E-state index in [9.17, 15) is 0 Å². The van der Waals surface area contributed by atoms with E-state index in [-0.39, 0.29) is 89.0 Å². The molecule has 0 saturated carbocycles. The zero-order valence-electron chi connectivity index (χ0n) is 1.62. The summed E-state index contributed by atoms with van der Waals surface area (Å²) in [5.41, 5.74) is 0. The zero-order valence-corrected chi connectivity index (χ0v) is 12.4. The molecule has 0 amide bonds. The molecular weight excluding hydrogens is 689 g/mol. The summed E-state index contributed by atoms with van der Waals surface area (Å²) in [6.07, 6.45) is 0. The summed E-state index contributed by atoms with van der Waals surface area (Å²) in [5, 5.41) is 0. The van der Waals surface area contributed by atoms with Gasteiger partial charge in [-0.2, -0.15) is 0 Å². The molecule has 0 N–H and O–H groups in total. The van der Waals surface area contributed by atoms with Crippen LogP contribution < -0.4 is 0 Å². The molecule has 0 aromatic heterocycles. The van der Waals surface area contributed by atoms with Crippen LogP contribution in [0.2, 0.25) is 0 Å². The monoisotopic (exact) mass is 689 g/mol. The van der Waals surface area contributed by atoms with Crippen molar-refractivity contribution >= 4 is 25.8 Å². The van der Waals surface area contributed by atoms with Crippen molar-refractivity contribution in [1.82, 2.24) is 0 Å². The molecule has 4 heteroatoms. The SMILES string of the molecule is [In].[Pt].[Pt].[W]. The maximum absolute atomic E-state index is 0. The number of hydrogen-bond acceptors (Lipinski definition) is 0. The van der Waals surface area contributed by atoms with E-state index >= 15 is 0 Å². The molecule has 0 aliphatic heterocycles. The molecule has 4 heavy (non-hydrogen) atoms. The Balaban J connectivity index is 0. The number of hydrogen-bond donors (Lipinski definition) is 0. The second-order valence-electron chi connectivity index (χ2n) is 0. The third kappa shape index (κ3) is 8.87. The van der Waals surface area contributed by atoms with E-state index in [1.807, 2.05) is 0 Å². The van der Waals surface area contributed by atoms with Gasteiger partial charge in [0.25, 0.3) is 0 Å². The van der Waals surface area contributed by atoms with Gasteiger partial charge in [0.2, 0.25) is 0 Å². The van der Waals surface area contributed by atoms with Crippen molar-refractivity contribution in [2.45, 2.75) is 0 Å². The fraction of sp³-hybridized carbons (Fsp3) is 0. The minimum Gasteiger partial charge on any atom is 0 e. The van der Waals surface area contributed by atoms with Crippen molar-refractivity contribution < 1.29 is 63.2 Å². The first-order valence-electron chi connectivity index (χ1n) is 0. The van der Waals surface area contributed by atoms with Crippen molar-refractivity contribution in [2.24, 2.45) is 0 Å². The van der Waals surface area contributed by atoms with Gasteiger partial charge in [0.1, 0.15) is 0 Å². The third-order valence-electron chi connectivity index (χ3n) is 0. The smallest absolute Gasteiger partial charge is 0 e. The van der Waals surface area contributed by atoms with Gasteiger partial charge in [0.05, 0.1) is 0 Å². The minimum atomic E-state index is 0. The standard InChI is InChI=1S/In.2Pt.W. The predicted molar refractivity (Wildman–Crippen MR) is 5.75 cm³/mol. The van der Waals surface area contributed by atoms with Crippen LogP contribution in [-0.4, -0.2) is 25.8 Å². The van der Waals surface area contributed by atoms with Crippen LogP contribution in [0.3, 0.4) is 0 Å². The maximum Gasteiger partial charge on any atom is 0 e. The van der Waals surface area contributed by atoms with E-state index in [1.54, 1.807) is 0 Å². The molecule has 0 fully saturated rings. The molecule has 0 saturated heterocycles. The van der Waals surface area contributed by atoms with Gasteiger partial charge >= 0.3 is 0 Å². The Hall–Kier alpha value is 2.94. The molecule has 0 bridgehead atoms. The van der Waals surface area contributed by atoms with Crippen molar-refractivity contribution in [3.05, 3.63) is 0 Å². The topological polar surface area (TPSA) is 0 Å². The van der Waals surface area contributed by atoms with E-state index < -0.39 is 0 Å². The molecule has 0 atom stereocenters. The first-order chi connectivity index (χ1) is 0. The molecule has 0 aliphatic carbocycles.